The number of hydrogen-bond donors (Lipinski definition) is 0. The summed E-state index contributed by atoms with van der Waals surface area (Å²) in [6, 6.07) is 66.7. The maximum absolute atomic E-state index is 2.47. The Morgan fingerprint density at radius 2 is 0.882 bits per heavy atom. The first-order chi connectivity index (χ1) is 25.3. The van der Waals surface area contributed by atoms with E-state index in [0.29, 0.717) is 0 Å². The van der Waals surface area contributed by atoms with Crippen LogP contribution in [0.2, 0.25) is 0 Å². The highest BCUT2D eigenvalue weighted by molar-refractivity contribution is 6.15. The predicted molar refractivity (Wildman–Crippen MR) is 214 cm³/mol. The Hall–Kier alpha value is -6.64. The van der Waals surface area contributed by atoms with Gasteiger partial charge in [0.2, 0.25) is 0 Å². The molecule has 2 heteroatoms. The third-order valence-electron chi connectivity index (χ3n) is 10.9. The minimum absolute atomic E-state index is 0.904. The highest BCUT2D eigenvalue weighted by atomic mass is 15.0. The topological polar surface area (TPSA) is 9.86 Å². The second-order valence-electron chi connectivity index (χ2n) is 13.7. The van der Waals surface area contributed by atoms with E-state index in [-0.39, 0.29) is 0 Å². The molecule has 51 heavy (non-hydrogen) atoms. The van der Waals surface area contributed by atoms with Crippen LogP contribution >= 0.6 is 0 Å². The third-order valence-corrected chi connectivity index (χ3v) is 10.9. The molecule has 0 spiro atoms. The van der Waals surface area contributed by atoms with Crippen molar-refractivity contribution in [2.75, 3.05) is 0 Å². The van der Waals surface area contributed by atoms with Crippen molar-refractivity contribution in [1.29, 1.82) is 0 Å². The SMILES string of the molecule is c1ccc(-c2cccc(-n3c4ccccc4c4cc5c(cc43)Cc3c-5ccc4c3c3ccccc3n4-c3cccc(-c4ccccc4)c3)c2)cc1. The summed E-state index contributed by atoms with van der Waals surface area (Å²) in [4.78, 5) is 0. The molecule has 2 aromatic heterocycles. The predicted octanol–water partition coefficient (Wildman–Crippen LogP) is 12.8. The maximum Gasteiger partial charge on any atom is 0.0544 e. The Kier molecular flexibility index (Phi) is 6.05. The standard InChI is InChI=1S/C49H32N2/c1-3-13-32(14-4-1)34-17-11-19-37(27-34)50-46-24-10-8-22-41(46)49-44-29-36-30-48-43(31-42(36)39(44)25-26-47(49)50)40-21-7-9-23-45(40)51(48)38-20-12-18-35(28-38)33-15-5-2-6-16-33/h1-28,30-31H,29H2. The van der Waals surface area contributed by atoms with Crippen LogP contribution < -0.4 is 0 Å². The molecule has 0 fully saturated rings. The van der Waals surface area contributed by atoms with Crippen molar-refractivity contribution >= 4 is 43.6 Å². The molecule has 1 aliphatic carbocycles. The molecule has 2 nitrogen and oxygen atoms in total. The molecule has 0 bridgehead atoms. The minimum atomic E-state index is 0.904. The van der Waals surface area contributed by atoms with Crippen LogP contribution in [0.5, 0.6) is 0 Å². The Bertz CT molecular complexity index is 2980. The number of rotatable bonds is 4. The van der Waals surface area contributed by atoms with E-state index in [0.717, 1.165) is 6.42 Å². The van der Waals surface area contributed by atoms with Crippen molar-refractivity contribution < 1.29 is 0 Å². The molecule has 0 unspecified atom stereocenters. The van der Waals surface area contributed by atoms with Crippen LogP contribution in [0.25, 0.3) is 88.4 Å². The average Bonchev–Trinajstić information content (AvgIpc) is 3.85. The van der Waals surface area contributed by atoms with Crippen LogP contribution in [0.4, 0.5) is 0 Å². The quantitative estimate of drug-likeness (QED) is 0.180. The largest absolute Gasteiger partial charge is 0.309 e. The van der Waals surface area contributed by atoms with Crippen molar-refractivity contribution in [2.45, 2.75) is 6.42 Å². The van der Waals surface area contributed by atoms with Crippen LogP contribution in [0.3, 0.4) is 0 Å². The van der Waals surface area contributed by atoms with Gasteiger partial charge in [-0.3, -0.25) is 0 Å². The van der Waals surface area contributed by atoms with Gasteiger partial charge >= 0.3 is 0 Å². The number of nitrogens with zero attached hydrogens (tertiary/aromatic N) is 2. The van der Waals surface area contributed by atoms with Crippen molar-refractivity contribution in [3.8, 4) is 44.8 Å². The van der Waals surface area contributed by atoms with E-state index in [1.165, 1.54) is 99.5 Å². The van der Waals surface area contributed by atoms with Gasteiger partial charge in [-0.15, -0.1) is 0 Å². The number of fused-ring (bicyclic) bond motifs is 10. The summed E-state index contributed by atoms with van der Waals surface area (Å²) in [5.74, 6) is 0. The first-order valence-electron chi connectivity index (χ1n) is 17.7. The summed E-state index contributed by atoms with van der Waals surface area (Å²) in [7, 11) is 0. The first kappa shape index (κ1) is 28.2. The molecule has 0 saturated carbocycles. The fourth-order valence-corrected chi connectivity index (χ4v) is 8.68. The molecule has 10 aromatic rings. The first-order valence-corrected chi connectivity index (χ1v) is 17.7. The zero-order valence-electron chi connectivity index (χ0n) is 27.9. The van der Waals surface area contributed by atoms with Crippen LogP contribution in [-0.2, 0) is 6.42 Å². The van der Waals surface area contributed by atoms with E-state index in [2.05, 4.69) is 191 Å². The van der Waals surface area contributed by atoms with Gasteiger partial charge in [-0.05, 0) is 106 Å². The summed E-state index contributed by atoms with van der Waals surface area (Å²) in [5, 5.41) is 5.24. The van der Waals surface area contributed by atoms with Crippen LogP contribution in [0.1, 0.15) is 11.1 Å². The summed E-state index contributed by atoms with van der Waals surface area (Å²) in [6.07, 6.45) is 0.904. The lowest BCUT2D eigenvalue weighted by Crippen LogP contribution is -1.95. The second-order valence-corrected chi connectivity index (χ2v) is 13.7. The van der Waals surface area contributed by atoms with E-state index in [1.54, 1.807) is 0 Å². The highest BCUT2D eigenvalue weighted by Gasteiger charge is 2.26. The summed E-state index contributed by atoms with van der Waals surface area (Å²) in [5.41, 5.74) is 17.8. The van der Waals surface area contributed by atoms with Gasteiger partial charge in [0.1, 0.15) is 0 Å². The van der Waals surface area contributed by atoms with Gasteiger partial charge in [0.15, 0.2) is 0 Å². The Morgan fingerprint density at radius 1 is 0.333 bits per heavy atom. The summed E-state index contributed by atoms with van der Waals surface area (Å²) >= 11 is 0. The number of hydrogen-bond acceptors (Lipinski definition) is 0. The zero-order valence-corrected chi connectivity index (χ0v) is 27.9. The lowest BCUT2D eigenvalue weighted by molar-refractivity contribution is 1.17. The molecule has 0 amide bonds. The fraction of sp³-hybridized carbons (Fsp3) is 0.0204. The molecule has 0 aliphatic heterocycles. The average molecular weight is 649 g/mol. The van der Waals surface area contributed by atoms with Gasteiger partial charge in [0.05, 0.1) is 22.1 Å². The van der Waals surface area contributed by atoms with E-state index in [4.69, 9.17) is 0 Å². The van der Waals surface area contributed by atoms with Crippen molar-refractivity contribution in [2.24, 2.45) is 0 Å². The van der Waals surface area contributed by atoms with Gasteiger partial charge in [0, 0.05) is 32.9 Å². The highest BCUT2D eigenvalue weighted by Crippen LogP contribution is 2.47. The molecular formula is C49H32N2. The molecule has 8 aromatic carbocycles. The van der Waals surface area contributed by atoms with Crippen LogP contribution in [0.15, 0.2) is 182 Å². The van der Waals surface area contributed by atoms with Crippen LogP contribution in [-0.4, -0.2) is 9.13 Å². The lowest BCUT2D eigenvalue weighted by Gasteiger charge is -2.11. The number of benzene rings is 8. The molecule has 0 atom stereocenters. The van der Waals surface area contributed by atoms with Gasteiger partial charge in [-0.1, -0.05) is 127 Å². The second kappa shape index (κ2) is 10.9. The maximum atomic E-state index is 2.47. The van der Waals surface area contributed by atoms with Gasteiger partial charge < -0.3 is 9.13 Å². The Labute approximate surface area is 296 Å². The normalized spacial score (nSPS) is 12.2. The van der Waals surface area contributed by atoms with Crippen molar-refractivity contribution in [3.05, 3.63) is 193 Å². The van der Waals surface area contributed by atoms with Gasteiger partial charge in [-0.25, -0.2) is 0 Å². The van der Waals surface area contributed by atoms with Gasteiger partial charge in [-0.2, -0.15) is 0 Å². The summed E-state index contributed by atoms with van der Waals surface area (Å²) < 4.78 is 4.92. The van der Waals surface area contributed by atoms with Crippen molar-refractivity contribution in [3.63, 3.8) is 0 Å². The van der Waals surface area contributed by atoms with Gasteiger partial charge in [0.25, 0.3) is 0 Å². The molecule has 0 N–H and O–H groups in total. The molecule has 0 radical (unpaired) electrons. The minimum Gasteiger partial charge on any atom is -0.309 e. The third kappa shape index (κ3) is 4.23. The van der Waals surface area contributed by atoms with E-state index >= 15 is 0 Å². The van der Waals surface area contributed by atoms with E-state index in [9.17, 15) is 0 Å². The molecule has 11 rings (SSSR count). The molecule has 1 aliphatic rings. The zero-order chi connectivity index (χ0) is 33.5. The monoisotopic (exact) mass is 648 g/mol. The van der Waals surface area contributed by atoms with E-state index in [1.807, 2.05) is 0 Å². The van der Waals surface area contributed by atoms with E-state index < -0.39 is 0 Å². The molecule has 2 heterocycles. The molecular weight excluding hydrogens is 617 g/mol. The molecule has 0 saturated heterocycles. The summed E-state index contributed by atoms with van der Waals surface area (Å²) in [6.45, 7) is 0. The fourth-order valence-electron chi connectivity index (χ4n) is 8.68. The lowest BCUT2D eigenvalue weighted by atomic mass is 10.00. The van der Waals surface area contributed by atoms with Crippen molar-refractivity contribution in [1.82, 2.24) is 9.13 Å². The van der Waals surface area contributed by atoms with Crippen LogP contribution in [0, 0.1) is 0 Å². The number of para-hydroxylation sites is 2. The Balaban J connectivity index is 1.11. The Morgan fingerprint density at radius 3 is 1.55 bits per heavy atom. The molecule has 238 valence electrons. The number of aromatic nitrogens is 2. The smallest absolute Gasteiger partial charge is 0.0544 e.